The van der Waals surface area contributed by atoms with Gasteiger partial charge < -0.3 is 10.5 Å². The Kier molecular flexibility index (Phi) is 3.77. The number of hydrogen-bond acceptors (Lipinski definition) is 2. The van der Waals surface area contributed by atoms with Gasteiger partial charge in [-0.25, -0.2) is 4.39 Å². The molecule has 0 fully saturated rings. The van der Waals surface area contributed by atoms with Crippen molar-refractivity contribution in [2.75, 3.05) is 0 Å². The van der Waals surface area contributed by atoms with Gasteiger partial charge in [-0.15, -0.1) is 0 Å². The fourth-order valence-electron chi connectivity index (χ4n) is 1.53. The lowest BCUT2D eigenvalue weighted by atomic mass is 9.90. The summed E-state index contributed by atoms with van der Waals surface area (Å²) in [6, 6.07) is 5.61. The minimum Gasteiger partial charge on any atom is -0.321 e. The van der Waals surface area contributed by atoms with Crippen LogP contribution in [-0.2, 0) is 4.79 Å². The molecule has 2 nitrogen and oxygen atoms in total. The van der Waals surface area contributed by atoms with Crippen LogP contribution >= 0.6 is 0 Å². The van der Waals surface area contributed by atoms with E-state index < -0.39 is 6.04 Å². The normalized spacial score (nSPS) is 14.8. The molecule has 0 heterocycles. The monoisotopic (exact) mass is 195 g/mol. The van der Waals surface area contributed by atoms with Gasteiger partial charge in [-0.3, -0.25) is 0 Å². The molecule has 0 bridgehead atoms. The third-order valence-electron chi connectivity index (χ3n) is 2.36. The van der Waals surface area contributed by atoms with E-state index in [1.165, 1.54) is 12.1 Å². The van der Waals surface area contributed by atoms with Gasteiger partial charge in [0.05, 0.1) is 6.04 Å². The third kappa shape index (κ3) is 2.39. The number of nitrogens with two attached hydrogens (primary N) is 1. The van der Waals surface area contributed by atoms with Crippen molar-refractivity contribution in [3.63, 3.8) is 0 Å². The smallest absolute Gasteiger partial charge is 0.137 e. The van der Waals surface area contributed by atoms with Gasteiger partial charge in [-0.05, 0) is 24.1 Å². The number of halogens is 1. The molecular weight excluding hydrogens is 181 g/mol. The first kappa shape index (κ1) is 10.9. The highest BCUT2D eigenvalue weighted by atomic mass is 19.1. The summed E-state index contributed by atoms with van der Waals surface area (Å²) in [6.45, 7) is 1.96. The Labute approximate surface area is 82.9 Å². The molecule has 0 aromatic heterocycles. The number of benzene rings is 1. The standard InChI is InChI=1S/C11H14FNO/c1-2-10(11(13)7-14)8-3-5-9(12)6-4-8/h3-7,10-11H,2,13H2,1H3. The number of aldehydes is 1. The zero-order valence-corrected chi connectivity index (χ0v) is 8.11. The molecule has 0 radical (unpaired) electrons. The predicted molar refractivity (Wildman–Crippen MR) is 53.5 cm³/mol. The minimum atomic E-state index is -0.509. The van der Waals surface area contributed by atoms with Crippen LogP contribution in [0.1, 0.15) is 24.8 Å². The van der Waals surface area contributed by atoms with Crippen molar-refractivity contribution in [2.45, 2.75) is 25.3 Å². The summed E-state index contributed by atoms with van der Waals surface area (Å²) in [4.78, 5) is 10.5. The maximum atomic E-state index is 12.6. The van der Waals surface area contributed by atoms with E-state index in [-0.39, 0.29) is 11.7 Å². The first-order valence-electron chi connectivity index (χ1n) is 4.65. The minimum absolute atomic E-state index is 0.0203. The van der Waals surface area contributed by atoms with Gasteiger partial charge in [0.25, 0.3) is 0 Å². The van der Waals surface area contributed by atoms with Crippen molar-refractivity contribution in [3.8, 4) is 0 Å². The highest BCUT2D eigenvalue weighted by Gasteiger charge is 2.16. The molecule has 2 N–H and O–H groups in total. The van der Waals surface area contributed by atoms with Crippen LogP contribution in [0.25, 0.3) is 0 Å². The summed E-state index contributed by atoms with van der Waals surface area (Å²) in [5.74, 6) is -0.295. The van der Waals surface area contributed by atoms with Gasteiger partial charge in [0.1, 0.15) is 12.1 Å². The zero-order valence-electron chi connectivity index (χ0n) is 8.11. The number of rotatable bonds is 4. The van der Waals surface area contributed by atoms with Crippen LogP contribution in [0.5, 0.6) is 0 Å². The van der Waals surface area contributed by atoms with Gasteiger partial charge in [0.15, 0.2) is 0 Å². The number of hydrogen-bond donors (Lipinski definition) is 1. The van der Waals surface area contributed by atoms with Crippen molar-refractivity contribution in [1.29, 1.82) is 0 Å². The number of carbonyl (C=O) groups excluding carboxylic acids is 1. The van der Waals surface area contributed by atoms with Crippen molar-refractivity contribution in [1.82, 2.24) is 0 Å². The summed E-state index contributed by atoms with van der Waals surface area (Å²) in [5.41, 5.74) is 6.55. The Morgan fingerprint density at radius 3 is 2.43 bits per heavy atom. The second kappa shape index (κ2) is 4.86. The van der Waals surface area contributed by atoms with E-state index in [0.29, 0.717) is 0 Å². The van der Waals surface area contributed by atoms with E-state index in [0.717, 1.165) is 18.3 Å². The summed E-state index contributed by atoms with van der Waals surface area (Å²) in [7, 11) is 0. The molecule has 14 heavy (non-hydrogen) atoms. The molecule has 1 aromatic rings. The van der Waals surface area contributed by atoms with Crippen molar-refractivity contribution in [3.05, 3.63) is 35.6 Å². The van der Waals surface area contributed by atoms with E-state index in [1.54, 1.807) is 12.1 Å². The van der Waals surface area contributed by atoms with Crippen LogP contribution in [0.4, 0.5) is 4.39 Å². The number of carbonyl (C=O) groups is 1. The van der Waals surface area contributed by atoms with Crippen LogP contribution < -0.4 is 5.73 Å². The fraction of sp³-hybridized carbons (Fsp3) is 0.364. The molecule has 0 saturated heterocycles. The molecule has 1 aromatic carbocycles. The second-order valence-corrected chi connectivity index (χ2v) is 3.28. The molecule has 76 valence electrons. The zero-order chi connectivity index (χ0) is 10.6. The maximum Gasteiger partial charge on any atom is 0.137 e. The largest absolute Gasteiger partial charge is 0.321 e. The van der Waals surface area contributed by atoms with Gasteiger partial charge >= 0.3 is 0 Å². The average Bonchev–Trinajstić information content (AvgIpc) is 2.21. The molecule has 2 atom stereocenters. The Morgan fingerprint density at radius 1 is 1.43 bits per heavy atom. The lowest BCUT2D eigenvalue weighted by Crippen LogP contribution is -2.29. The lowest BCUT2D eigenvalue weighted by Gasteiger charge is -2.18. The van der Waals surface area contributed by atoms with E-state index in [4.69, 9.17) is 5.73 Å². The lowest BCUT2D eigenvalue weighted by molar-refractivity contribution is -0.109. The van der Waals surface area contributed by atoms with E-state index in [9.17, 15) is 9.18 Å². The summed E-state index contributed by atoms with van der Waals surface area (Å²) < 4.78 is 12.6. The third-order valence-corrected chi connectivity index (χ3v) is 2.36. The van der Waals surface area contributed by atoms with Crippen molar-refractivity contribution in [2.24, 2.45) is 5.73 Å². The Balaban J connectivity index is 2.89. The van der Waals surface area contributed by atoms with Gasteiger partial charge in [0.2, 0.25) is 0 Å². The molecule has 0 spiro atoms. The van der Waals surface area contributed by atoms with Gasteiger partial charge in [-0.2, -0.15) is 0 Å². The van der Waals surface area contributed by atoms with E-state index >= 15 is 0 Å². The van der Waals surface area contributed by atoms with Gasteiger partial charge in [-0.1, -0.05) is 19.1 Å². The molecule has 0 aliphatic rings. The highest BCUT2D eigenvalue weighted by molar-refractivity contribution is 5.59. The molecule has 2 unspecified atom stereocenters. The van der Waals surface area contributed by atoms with E-state index in [2.05, 4.69) is 0 Å². The molecular formula is C11H14FNO. The van der Waals surface area contributed by atoms with E-state index in [1.807, 2.05) is 6.92 Å². The average molecular weight is 195 g/mol. The summed E-state index contributed by atoms with van der Waals surface area (Å²) in [5, 5.41) is 0. The van der Waals surface area contributed by atoms with Crippen LogP contribution in [-0.4, -0.2) is 12.3 Å². The van der Waals surface area contributed by atoms with Crippen molar-refractivity contribution >= 4 is 6.29 Å². The predicted octanol–water partition coefficient (Wildman–Crippen LogP) is 1.85. The van der Waals surface area contributed by atoms with Crippen molar-refractivity contribution < 1.29 is 9.18 Å². The molecule has 1 rings (SSSR count). The first-order chi connectivity index (χ1) is 6.69. The summed E-state index contributed by atoms with van der Waals surface area (Å²) >= 11 is 0. The summed E-state index contributed by atoms with van der Waals surface area (Å²) in [6.07, 6.45) is 1.50. The van der Waals surface area contributed by atoms with Crippen LogP contribution in [0, 0.1) is 5.82 Å². The van der Waals surface area contributed by atoms with Crippen LogP contribution in [0.3, 0.4) is 0 Å². The Hall–Kier alpha value is -1.22. The molecule has 0 saturated carbocycles. The van der Waals surface area contributed by atoms with Crippen LogP contribution in [0.15, 0.2) is 24.3 Å². The first-order valence-corrected chi connectivity index (χ1v) is 4.65. The molecule has 0 aliphatic carbocycles. The topological polar surface area (TPSA) is 43.1 Å². The Morgan fingerprint density at radius 2 is 2.00 bits per heavy atom. The maximum absolute atomic E-state index is 12.6. The fourth-order valence-corrected chi connectivity index (χ4v) is 1.53. The highest BCUT2D eigenvalue weighted by Crippen LogP contribution is 2.21. The quantitative estimate of drug-likeness (QED) is 0.745. The second-order valence-electron chi connectivity index (χ2n) is 3.28. The van der Waals surface area contributed by atoms with Crippen LogP contribution in [0.2, 0.25) is 0 Å². The molecule has 0 aliphatic heterocycles. The molecule has 0 amide bonds. The van der Waals surface area contributed by atoms with Gasteiger partial charge in [0, 0.05) is 5.92 Å². The molecule has 3 heteroatoms. The Bertz CT molecular complexity index is 297. The SMILES string of the molecule is CCC(c1ccc(F)cc1)C(N)C=O.